The number of benzene rings is 2. The first kappa shape index (κ1) is 64.2. The molecule has 2 aromatic heterocycles. The van der Waals surface area contributed by atoms with Crippen molar-refractivity contribution in [3.63, 3.8) is 0 Å². The highest BCUT2D eigenvalue weighted by atomic mass is 16.6. The number of cyclic esters (lactones) is 4. The third kappa shape index (κ3) is 19.9. The summed E-state index contributed by atoms with van der Waals surface area (Å²) in [4.78, 5) is 94.5. The molecule has 0 saturated carbocycles. The Bertz CT molecular complexity index is 2370. The predicted octanol–water partition coefficient (Wildman–Crippen LogP) is 9.02. The van der Waals surface area contributed by atoms with E-state index in [2.05, 4.69) is 10.6 Å². The van der Waals surface area contributed by atoms with Gasteiger partial charge in [0.1, 0.15) is 47.9 Å². The summed E-state index contributed by atoms with van der Waals surface area (Å²) in [5.41, 5.74) is 3.04. The average molecular weight is 1110 g/mol. The van der Waals surface area contributed by atoms with Crippen LogP contribution >= 0.6 is 0 Å². The number of carbonyl (C=O) groups is 6. The minimum atomic E-state index is -1.35. The van der Waals surface area contributed by atoms with Gasteiger partial charge in [-0.1, -0.05) is 79.7 Å². The number of furan rings is 2. The summed E-state index contributed by atoms with van der Waals surface area (Å²) in [5.74, 6) is -2.38. The number of esters is 4. The van der Waals surface area contributed by atoms with E-state index < -0.39 is 84.3 Å². The molecule has 2 N–H and O–H groups in total. The molecule has 0 bridgehead atoms. The van der Waals surface area contributed by atoms with E-state index in [1.807, 2.05) is 128 Å². The van der Waals surface area contributed by atoms with Gasteiger partial charge in [-0.3, -0.25) is 29.0 Å². The van der Waals surface area contributed by atoms with Crippen molar-refractivity contribution < 1.29 is 56.5 Å². The maximum Gasteiger partial charge on any atom is 0.329 e. The first-order valence-electron chi connectivity index (χ1n) is 28.3. The molecule has 0 unspecified atom stereocenters. The smallest absolute Gasteiger partial charge is 0.329 e. The van der Waals surface area contributed by atoms with Crippen LogP contribution in [0.4, 0.5) is 11.4 Å². The maximum atomic E-state index is 15.0. The molecule has 1 aliphatic heterocycles. The second-order valence-electron chi connectivity index (χ2n) is 23.4. The number of nitrogens with one attached hydrogen (secondary N) is 2. The Hall–Kier alpha value is -6.66. The molecule has 2 amide bonds. The van der Waals surface area contributed by atoms with Crippen molar-refractivity contribution in [2.75, 3.05) is 51.9 Å². The highest BCUT2D eigenvalue weighted by Crippen LogP contribution is 2.25. The zero-order valence-corrected chi connectivity index (χ0v) is 49.8. The number of rotatable bonds is 18. The van der Waals surface area contributed by atoms with Crippen LogP contribution in [0.25, 0.3) is 0 Å². The number of ether oxygens (including phenoxy) is 4. The van der Waals surface area contributed by atoms with E-state index in [0.29, 0.717) is 37.1 Å². The minimum Gasteiger partial charge on any atom is -0.467 e. The fraction of sp³-hybridized carbons (Fsp3) is 0.581. The Labute approximate surface area is 474 Å². The first-order chi connectivity index (χ1) is 37.9. The van der Waals surface area contributed by atoms with E-state index in [9.17, 15) is 28.8 Å². The quantitative estimate of drug-likeness (QED) is 0.0705. The Kier molecular flexibility index (Phi) is 24.7. The normalized spacial score (nSPS) is 23.5. The molecule has 1 aliphatic rings. The van der Waals surface area contributed by atoms with Crippen LogP contribution < -0.4 is 10.6 Å². The van der Waals surface area contributed by atoms with Crippen molar-refractivity contribution in [1.82, 2.24) is 19.6 Å². The molecule has 0 radical (unpaired) electrons. The molecule has 440 valence electrons. The Morgan fingerprint density at radius 3 is 1.06 bits per heavy atom. The van der Waals surface area contributed by atoms with E-state index >= 15 is 0 Å². The van der Waals surface area contributed by atoms with Gasteiger partial charge < -0.3 is 48.2 Å². The first-order valence-corrected chi connectivity index (χ1v) is 28.3. The second kappa shape index (κ2) is 30.8. The van der Waals surface area contributed by atoms with Crippen LogP contribution in [0.3, 0.4) is 0 Å². The summed E-state index contributed by atoms with van der Waals surface area (Å²) in [5, 5.41) is 6.64. The molecule has 4 aromatic rings. The van der Waals surface area contributed by atoms with Gasteiger partial charge in [-0.25, -0.2) is 9.59 Å². The maximum absolute atomic E-state index is 15.0. The summed E-state index contributed by atoms with van der Waals surface area (Å²) < 4.78 is 35.9. The average Bonchev–Trinajstić information content (AvgIpc) is 4.14. The number of hydrogen-bond acceptors (Lipinski definition) is 16. The summed E-state index contributed by atoms with van der Waals surface area (Å²) in [7, 11) is 6.53. The van der Waals surface area contributed by atoms with Gasteiger partial charge in [-0.2, -0.15) is 0 Å². The number of nitrogens with zero attached hydrogens (tertiary/aromatic N) is 4. The van der Waals surface area contributed by atoms with Gasteiger partial charge in [0.05, 0.1) is 25.6 Å². The number of carbonyl (C=O) groups excluding carboxylic acids is 6. The lowest BCUT2D eigenvalue weighted by atomic mass is 10.00. The Morgan fingerprint density at radius 2 is 0.762 bits per heavy atom. The van der Waals surface area contributed by atoms with Crippen LogP contribution in [0.2, 0.25) is 0 Å². The zero-order chi connectivity index (χ0) is 58.8. The van der Waals surface area contributed by atoms with Gasteiger partial charge in [0, 0.05) is 51.4 Å². The number of anilines is 2. The van der Waals surface area contributed by atoms with E-state index in [-0.39, 0.29) is 62.4 Å². The van der Waals surface area contributed by atoms with E-state index in [0.717, 1.165) is 22.9 Å². The fourth-order valence-electron chi connectivity index (χ4n) is 9.92. The molecule has 80 heavy (non-hydrogen) atoms. The Balaban J connectivity index is 1.52. The van der Waals surface area contributed by atoms with Crippen LogP contribution in [0.5, 0.6) is 0 Å². The molecule has 1 saturated heterocycles. The Morgan fingerprint density at radius 1 is 0.450 bits per heavy atom. The van der Waals surface area contributed by atoms with E-state index in [1.165, 1.54) is 23.9 Å². The van der Waals surface area contributed by atoms with Crippen molar-refractivity contribution >= 4 is 47.1 Å². The molecule has 8 atom stereocenters. The number of hydrogen-bond donors (Lipinski definition) is 2. The van der Waals surface area contributed by atoms with Crippen molar-refractivity contribution in [2.45, 2.75) is 169 Å². The molecular weight excluding hydrogens is 1020 g/mol. The molecule has 3 heterocycles. The lowest BCUT2D eigenvalue weighted by molar-refractivity contribution is -0.171. The monoisotopic (exact) mass is 1110 g/mol. The van der Waals surface area contributed by atoms with E-state index in [4.69, 9.17) is 27.8 Å². The largest absolute Gasteiger partial charge is 0.467 e. The van der Waals surface area contributed by atoms with Crippen molar-refractivity contribution in [1.29, 1.82) is 0 Å². The van der Waals surface area contributed by atoms with Crippen LogP contribution in [0, 0.1) is 23.7 Å². The molecule has 0 aliphatic carbocycles. The zero-order valence-electron chi connectivity index (χ0n) is 49.8. The number of amides is 2. The molecule has 2 aromatic carbocycles. The van der Waals surface area contributed by atoms with Gasteiger partial charge in [0.25, 0.3) is 11.8 Å². The van der Waals surface area contributed by atoms with Crippen molar-refractivity contribution in [3.8, 4) is 0 Å². The molecule has 18 nitrogen and oxygen atoms in total. The summed E-state index contributed by atoms with van der Waals surface area (Å²) >= 11 is 0. The van der Waals surface area contributed by atoms with Crippen LogP contribution in [0.15, 0.2) is 94.2 Å². The topological polar surface area (TPSA) is 203 Å². The molecule has 5 rings (SSSR count). The van der Waals surface area contributed by atoms with Gasteiger partial charge in [0.15, 0.2) is 12.2 Å². The summed E-state index contributed by atoms with van der Waals surface area (Å²) in [6.07, 6.45) is 0.105. The highest BCUT2D eigenvalue weighted by molar-refractivity contribution is 5.90. The third-order valence-corrected chi connectivity index (χ3v) is 14.2. The van der Waals surface area contributed by atoms with Crippen molar-refractivity contribution in [3.05, 3.63) is 108 Å². The molecule has 0 spiro atoms. The number of likely N-dealkylation sites (N-methyl/N-ethyl adjacent to an activating group) is 4. The molecule has 18 heteroatoms. The summed E-state index contributed by atoms with van der Waals surface area (Å²) in [6.45, 7) is 20.2. The lowest BCUT2D eigenvalue weighted by Crippen LogP contribution is -2.53. The van der Waals surface area contributed by atoms with Gasteiger partial charge in [-0.05, 0) is 137 Å². The van der Waals surface area contributed by atoms with E-state index in [1.54, 1.807) is 50.3 Å². The van der Waals surface area contributed by atoms with Gasteiger partial charge in [-0.15, -0.1) is 0 Å². The SMILES string of the molecule is CC(C)C[C@H]1C(=O)O[C@H](Cc2ccc(NCc3ccco3)cc2)C(=O)N(C)[C@@H](CC(C)C)C(=O)O[C@H](C)CN(C)[C@@H](CC(C)C)C(=O)O[C@H](Cc2ccc(NCc3ccco3)cc2)C(=O)N(C)[C@@H](CC(C)C)C(=O)O[C@H](C)CN1C. The summed E-state index contributed by atoms with van der Waals surface area (Å²) in [6, 6.07) is 18.4. The van der Waals surface area contributed by atoms with Crippen LogP contribution in [-0.2, 0) is 73.6 Å². The lowest BCUT2D eigenvalue weighted by Gasteiger charge is -2.35. The fourth-order valence-corrected chi connectivity index (χ4v) is 9.92. The highest BCUT2D eigenvalue weighted by Gasteiger charge is 2.41. The van der Waals surface area contributed by atoms with Crippen molar-refractivity contribution in [2.24, 2.45) is 23.7 Å². The second-order valence-corrected chi connectivity index (χ2v) is 23.4. The molecular formula is C62H90N6O12. The molecule has 1 fully saturated rings. The third-order valence-electron chi connectivity index (χ3n) is 14.2. The standard InChI is InChI=1S/C62H90N6O12/c1-39(2)29-51-59(71)79-55(33-45-19-23-47(24-20-45)63-35-49-17-15-27-75-49)57(69)67(13)54(32-42(7)8)62(74)78-44(10)38-66(12)52(30-40(3)4)60(72)80-56(34-46-21-25-48(26-22-46)64-36-50-18-16-28-76-50)58(70)68(14)53(31-41(5)6)61(73)77-43(9)37-65(51)11/h15-28,39-44,51-56,63-64H,29-38H2,1-14H3/t43-,44-,51+,52+,53+,54+,55-,56-/m1/s1. The predicted molar refractivity (Wildman–Crippen MR) is 307 cm³/mol. The van der Waals surface area contributed by atoms with Gasteiger partial charge in [0.2, 0.25) is 0 Å². The van der Waals surface area contributed by atoms with Crippen LogP contribution in [-0.4, -0.2) is 145 Å². The van der Waals surface area contributed by atoms with Gasteiger partial charge >= 0.3 is 23.9 Å². The van der Waals surface area contributed by atoms with Crippen LogP contribution in [0.1, 0.15) is 118 Å². The minimum absolute atomic E-state index is 0.00127.